The maximum absolute atomic E-state index is 5.55. The Hall–Kier alpha value is -0.850. The summed E-state index contributed by atoms with van der Waals surface area (Å²) in [6.45, 7) is 4.10. The van der Waals surface area contributed by atoms with E-state index in [-0.39, 0.29) is 6.04 Å². The van der Waals surface area contributed by atoms with Crippen molar-refractivity contribution in [2.45, 2.75) is 31.8 Å². The molecule has 1 fully saturated rings. The van der Waals surface area contributed by atoms with Gasteiger partial charge in [0.2, 0.25) is 5.96 Å². The molecule has 3 N–H and O–H groups in total. The third kappa shape index (κ3) is 4.89. The van der Waals surface area contributed by atoms with Crippen LogP contribution in [0.4, 0.5) is 0 Å². The monoisotopic (exact) mass is 244 g/mol. The number of guanidine groups is 1. The van der Waals surface area contributed by atoms with Crippen molar-refractivity contribution < 1.29 is 9.47 Å². The Kier molecular flexibility index (Phi) is 6.25. The van der Waals surface area contributed by atoms with Crippen LogP contribution in [0.5, 0.6) is 0 Å². The van der Waals surface area contributed by atoms with Gasteiger partial charge in [-0.2, -0.15) is 0 Å². The van der Waals surface area contributed by atoms with E-state index < -0.39 is 0 Å². The fraction of sp³-hybridized carbons (Fsp3) is 0.909. The first-order valence-electron chi connectivity index (χ1n) is 6.01. The van der Waals surface area contributed by atoms with Crippen LogP contribution in [0.2, 0.25) is 0 Å². The molecule has 0 aromatic carbocycles. The van der Waals surface area contributed by atoms with Gasteiger partial charge in [0.1, 0.15) is 0 Å². The zero-order chi connectivity index (χ0) is 12.7. The Bertz CT molecular complexity index is 244. The van der Waals surface area contributed by atoms with E-state index in [9.17, 15) is 0 Å². The molecule has 6 heteroatoms. The summed E-state index contributed by atoms with van der Waals surface area (Å²) in [4.78, 5) is 6.65. The number of nitrogens with two attached hydrogens (primary N) is 1. The largest absolute Gasteiger partial charge is 0.383 e. The number of nitrogens with zero attached hydrogens (tertiary/aromatic N) is 2. The number of hydrogen-bond donors (Lipinski definition) is 2. The number of rotatable bonds is 7. The van der Waals surface area contributed by atoms with E-state index in [0.717, 1.165) is 25.3 Å². The summed E-state index contributed by atoms with van der Waals surface area (Å²) in [5, 5.41) is 0. The van der Waals surface area contributed by atoms with E-state index >= 15 is 0 Å². The Morgan fingerprint density at radius 3 is 2.65 bits per heavy atom. The minimum Gasteiger partial charge on any atom is -0.383 e. The Morgan fingerprint density at radius 2 is 2.18 bits per heavy atom. The lowest BCUT2D eigenvalue weighted by atomic mass is 10.3. The first-order valence-corrected chi connectivity index (χ1v) is 6.01. The molecule has 0 saturated heterocycles. The Morgan fingerprint density at radius 1 is 1.47 bits per heavy atom. The fourth-order valence-electron chi connectivity index (χ4n) is 1.63. The van der Waals surface area contributed by atoms with Crippen molar-refractivity contribution in [2.75, 3.05) is 34.0 Å². The lowest BCUT2D eigenvalue weighted by molar-refractivity contribution is 0.111. The molecule has 1 rings (SSSR count). The van der Waals surface area contributed by atoms with Gasteiger partial charge in [-0.25, -0.2) is 10.8 Å². The van der Waals surface area contributed by atoms with E-state index in [1.165, 1.54) is 0 Å². The Labute approximate surface area is 103 Å². The molecule has 0 aromatic rings. The van der Waals surface area contributed by atoms with Crippen LogP contribution < -0.4 is 11.3 Å². The number of hydrazine groups is 1. The van der Waals surface area contributed by atoms with Gasteiger partial charge >= 0.3 is 0 Å². The highest BCUT2D eigenvalue weighted by Gasteiger charge is 2.24. The molecular weight excluding hydrogens is 220 g/mol. The molecule has 1 unspecified atom stereocenters. The topological polar surface area (TPSA) is 72.1 Å². The molecule has 0 aromatic heterocycles. The van der Waals surface area contributed by atoms with Gasteiger partial charge in [-0.05, 0) is 19.8 Å². The van der Waals surface area contributed by atoms with Crippen molar-refractivity contribution in [2.24, 2.45) is 10.8 Å². The van der Waals surface area contributed by atoms with Crippen molar-refractivity contribution in [3.63, 3.8) is 0 Å². The number of nitrogens with one attached hydrogen (secondary N) is 1. The van der Waals surface area contributed by atoms with Crippen LogP contribution in [0.3, 0.4) is 0 Å². The Balaban J connectivity index is 2.63. The van der Waals surface area contributed by atoms with E-state index in [1.54, 1.807) is 14.2 Å². The molecular formula is C11H24N4O2. The van der Waals surface area contributed by atoms with Crippen LogP contribution in [-0.2, 0) is 9.47 Å². The molecule has 17 heavy (non-hydrogen) atoms. The van der Waals surface area contributed by atoms with E-state index in [0.29, 0.717) is 19.3 Å². The molecule has 0 spiro atoms. The average Bonchev–Trinajstić information content (AvgIpc) is 3.12. The van der Waals surface area contributed by atoms with Gasteiger partial charge in [0.15, 0.2) is 0 Å². The second kappa shape index (κ2) is 7.47. The molecule has 0 radical (unpaired) electrons. The summed E-state index contributed by atoms with van der Waals surface area (Å²) in [5.74, 6) is 6.28. The molecule has 100 valence electrons. The van der Waals surface area contributed by atoms with Gasteiger partial charge < -0.3 is 14.4 Å². The predicted octanol–water partition coefficient (Wildman–Crippen LogP) is -0.0486. The number of hydrogen-bond acceptors (Lipinski definition) is 4. The smallest absolute Gasteiger partial charge is 0.209 e. The maximum Gasteiger partial charge on any atom is 0.209 e. The molecule has 1 saturated carbocycles. The highest BCUT2D eigenvalue weighted by molar-refractivity contribution is 5.80. The molecule has 0 amide bonds. The van der Waals surface area contributed by atoms with Gasteiger partial charge in [0.05, 0.1) is 25.3 Å². The van der Waals surface area contributed by atoms with Gasteiger partial charge in [0.25, 0.3) is 0 Å². The summed E-state index contributed by atoms with van der Waals surface area (Å²) in [6.07, 6.45) is 2.31. The van der Waals surface area contributed by atoms with Gasteiger partial charge in [0, 0.05) is 20.8 Å². The third-order valence-corrected chi connectivity index (χ3v) is 2.73. The minimum atomic E-state index is 0.212. The number of aliphatic imine (C=N–C) groups is 1. The van der Waals surface area contributed by atoms with Crippen molar-refractivity contribution in [3.8, 4) is 0 Å². The summed E-state index contributed by atoms with van der Waals surface area (Å²) in [5.41, 5.74) is 2.69. The zero-order valence-corrected chi connectivity index (χ0v) is 11.0. The van der Waals surface area contributed by atoms with Crippen LogP contribution in [0.1, 0.15) is 19.8 Å². The first-order chi connectivity index (χ1) is 8.22. The summed E-state index contributed by atoms with van der Waals surface area (Å²) < 4.78 is 10.3. The lowest BCUT2D eigenvalue weighted by Crippen LogP contribution is -2.51. The molecule has 0 bridgehead atoms. The van der Waals surface area contributed by atoms with E-state index in [4.69, 9.17) is 15.3 Å². The molecule has 1 atom stereocenters. The molecule has 1 aliphatic rings. The average molecular weight is 244 g/mol. The molecule has 0 aliphatic heterocycles. The summed E-state index contributed by atoms with van der Waals surface area (Å²) in [7, 11) is 3.38. The maximum atomic E-state index is 5.55. The van der Waals surface area contributed by atoms with Crippen molar-refractivity contribution in [1.29, 1.82) is 0 Å². The molecule has 1 aliphatic carbocycles. The quantitative estimate of drug-likeness (QED) is 0.284. The first kappa shape index (κ1) is 14.2. The van der Waals surface area contributed by atoms with Crippen LogP contribution >= 0.6 is 0 Å². The van der Waals surface area contributed by atoms with E-state index in [1.807, 2.05) is 0 Å². The van der Waals surface area contributed by atoms with Gasteiger partial charge in [-0.15, -0.1) is 0 Å². The summed E-state index contributed by atoms with van der Waals surface area (Å²) >= 11 is 0. The van der Waals surface area contributed by atoms with Gasteiger partial charge in [-0.3, -0.25) is 5.43 Å². The van der Waals surface area contributed by atoms with Crippen molar-refractivity contribution >= 4 is 5.96 Å². The minimum absolute atomic E-state index is 0.212. The number of methoxy groups -OCH3 is 2. The molecule has 0 heterocycles. The second-order valence-electron chi connectivity index (χ2n) is 4.32. The third-order valence-electron chi connectivity index (χ3n) is 2.73. The van der Waals surface area contributed by atoms with Crippen molar-refractivity contribution in [3.05, 3.63) is 0 Å². The van der Waals surface area contributed by atoms with Gasteiger partial charge in [-0.1, -0.05) is 0 Å². The lowest BCUT2D eigenvalue weighted by Gasteiger charge is -2.31. The fourth-order valence-corrected chi connectivity index (χ4v) is 1.63. The highest BCUT2D eigenvalue weighted by Crippen LogP contribution is 2.23. The molecule has 6 nitrogen and oxygen atoms in total. The van der Waals surface area contributed by atoms with Crippen molar-refractivity contribution in [1.82, 2.24) is 10.3 Å². The van der Waals surface area contributed by atoms with Crippen LogP contribution in [0, 0.1) is 0 Å². The number of ether oxygens (including phenoxy) is 2. The van der Waals surface area contributed by atoms with Crippen LogP contribution in [-0.4, -0.2) is 56.9 Å². The standard InChI is InChI=1S/C11H24N4O2/c1-9(8-17-3)15(6-7-16-2)11(14-12)13-10-4-5-10/h9-10H,4-8,12H2,1-3H3,(H,13,14). The SMILES string of the molecule is COCCN(C(=NC1CC1)NN)C(C)COC. The zero-order valence-electron chi connectivity index (χ0n) is 11.0. The summed E-state index contributed by atoms with van der Waals surface area (Å²) in [6, 6.07) is 0.643. The highest BCUT2D eigenvalue weighted by atomic mass is 16.5. The predicted molar refractivity (Wildman–Crippen MR) is 67.7 cm³/mol. The van der Waals surface area contributed by atoms with Crippen LogP contribution in [0.15, 0.2) is 4.99 Å². The normalized spacial score (nSPS) is 18.0. The van der Waals surface area contributed by atoms with E-state index in [2.05, 4.69) is 22.2 Å². The second-order valence-corrected chi connectivity index (χ2v) is 4.32. The van der Waals surface area contributed by atoms with Crippen LogP contribution in [0.25, 0.3) is 0 Å².